The molecule has 0 N–H and O–H groups in total. The van der Waals surface area contributed by atoms with Gasteiger partial charge in [0.15, 0.2) is 6.29 Å². The summed E-state index contributed by atoms with van der Waals surface area (Å²) in [7, 11) is 0. The summed E-state index contributed by atoms with van der Waals surface area (Å²) in [6.45, 7) is 8.82. The lowest BCUT2D eigenvalue weighted by Crippen LogP contribution is -2.14. The maximum atomic E-state index is 13.0. The average molecular weight is 456 g/mol. The van der Waals surface area contributed by atoms with Gasteiger partial charge in [-0.1, -0.05) is 63.2 Å². The Balaban J connectivity index is 1.87. The predicted octanol–water partition coefficient (Wildman–Crippen LogP) is 6.47. The highest BCUT2D eigenvalue weighted by atomic mass is 16.5. The van der Waals surface area contributed by atoms with Crippen LogP contribution in [0.3, 0.4) is 0 Å². The van der Waals surface area contributed by atoms with E-state index >= 15 is 0 Å². The number of pyridine rings is 1. The van der Waals surface area contributed by atoms with Crippen molar-refractivity contribution in [2.75, 3.05) is 6.61 Å². The SMILES string of the molecule is CCOC(=O)c1c(-c2ccc(OCc3ccccc3)c(C(C)(C)C)c2)c(C=O)n2ccccc12. The van der Waals surface area contributed by atoms with E-state index < -0.39 is 5.97 Å². The van der Waals surface area contributed by atoms with Crippen molar-refractivity contribution in [3.8, 4) is 16.9 Å². The zero-order valence-electron chi connectivity index (χ0n) is 20.0. The number of rotatable bonds is 7. The standard InChI is InChI=1S/C29H29NO4/c1-5-33-28(32)27-23-13-9-10-16-30(23)24(18-31)26(27)21-14-15-25(22(17-21)29(2,3)4)34-19-20-11-7-6-8-12-20/h6-18H,5,19H2,1-4H3. The molecule has 0 amide bonds. The number of aromatic nitrogens is 1. The summed E-state index contributed by atoms with van der Waals surface area (Å²) in [4.78, 5) is 25.2. The van der Waals surface area contributed by atoms with Gasteiger partial charge in [0.25, 0.3) is 0 Å². The van der Waals surface area contributed by atoms with Crippen LogP contribution in [0.4, 0.5) is 0 Å². The molecule has 0 aliphatic rings. The van der Waals surface area contributed by atoms with E-state index in [9.17, 15) is 9.59 Å². The molecule has 0 atom stereocenters. The van der Waals surface area contributed by atoms with E-state index in [0.29, 0.717) is 28.9 Å². The summed E-state index contributed by atoms with van der Waals surface area (Å²) >= 11 is 0. The molecule has 2 aromatic carbocycles. The first-order valence-corrected chi connectivity index (χ1v) is 11.4. The van der Waals surface area contributed by atoms with Gasteiger partial charge < -0.3 is 13.9 Å². The summed E-state index contributed by atoms with van der Waals surface area (Å²) in [5.74, 6) is 0.324. The van der Waals surface area contributed by atoms with Crippen LogP contribution in [0.25, 0.3) is 16.6 Å². The molecular formula is C29H29NO4. The van der Waals surface area contributed by atoms with E-state index in [2.05, 4.69) is 20.8 Å². The van der Waals surface area contributed by atoms with E-state index in [-0.39, 0.29) is 12.0 Å². The van der Waals surface area contributed by atoms with Crippen LogP contribution in [0.5, 0.6) is 5.75 Å². The number of carbonyl (C=O) groups excluding carboxylic acids is 2. The van der Waals surface area contributed by atoms with Gasteiger partial charge in [0.1, 0.15) is 12.4 Å². The lowest BCUT2D eigenvalue weighted by atomic mass is 9.84. The number of benzene rings is 2. The topological polar surface area (TPSA) is 57.0 Å². The van der Waals surface area contributed by atoms with Gasteiger partial charge >= 0.3 is 5.97 Å². The van der Waals surface area contributed by atoms with Crippen LogP contribution >= 0.6 is 0 Å². The lowest BCUT2D eigenvalue weighted by Gasteiger charge is -2.24. The Morgan fingerprint density at radius 3 is 2.41 bits per heavy atom. The first-order chi connectivity index (χ1) is 16.3. The summed E-state index contributed by atoms with van der Waals surface area (Å²) in [6.07, 6.45) is 2.58. The van der Waals surface area contributed by atoms with Crippen molar-refractivity contribution in [1.82, 2.24) is 4.40 Å². The van der Waals surface area contributed by atoms with Gasteiger partial charge in [-0.05, 0) is 47.7 Å². The number of fused-ring (bicyclic) bond motifs is 1. The molecule has 174 valence electrons. The Morgan fingerprint density at radius 2 is 1.74 bits per heavy atom. The molecule has 0 spiro atoms. The number of ether oxygens (including phenoxy) is 2. The summed E-state index contributed by atoms with van der Waals surface area (Å²) in [5.41, 5.74) is 4.62. The third-order valence-electron chi connectivity index (χ3n) is 5.79. The second-order valence-corrected chi connectivity index (χ2v) is 9.16. The highest BCUT2D eigenvalue weighted by molar-refractivity contribution is 6.09. The number of hydrogen-bond donors (Lipinski definition) is 0. The normalized spacial score (nSPS) is 11.4. The lowest BCUT2D eigenvalue weighted by molar-refractivity contribution is 0.0529. The monoisotopic (exact) mass is 455 g/mol. The molecule has 5 nitrogen and oxygen atoms in total. The van der Waals surface area contributed by atoms with Crippen molar-refractivity contribution in [2.45, 2.75) is 39.7 Å². The maximum Gasteiger partial charge on any atom is 0.340 e. The third kappa shape index (κ3) is 4.46. The van der Waals surface area contributed by atoms with E-state index in [1.54, 1.807) is 17.5 Å². The van der Waals surface area contributed by atoms with Crippen molar-refractivity contribution in [3.63, 3.8) is 0 Å². The Kier molecular flexibility index (Phi) is 6.55. The molecule has 2 aromatic heterocycles. The van der Waals surface area contributed by atoms with Crippen LogP contribution in [0.15, 0.2) is 72.9 Å². The van der Waals surface area contributed by atoms with E-state index in [1.165, 1.54) is 0 Å². The van der Waals surface area contributed by atoms with E-state index in [1.807, 2.05) is 66.7 Å². The largest absolute Gasteiger partial charge is 0.489 e. The van der Waals surface area contributed by atoms with Crippen molar-refractivity contribution in [3.05, 3.63) is 95.3 Å². The van der Waals surface area contributed by atoms with Gasteiger partial charge in [0.2, 0.25) is 0 Å². The van der Waals surface area contributed by atoms with Gasteiger partial charge in [0.05, 0.1) is 23.4 Å². The summed E-state index contributed by atoms with van der Waals surface area (Å²) in [6, 6.07) is 21.4. The fourth-order valence-electron chi connectivity index (χ4n) is 4.18. The Hall–Kier alpha value is -3.86. The Labute approximate surface area is 199 Å². The van der Waals surface area contributed by atoms with Gasteiger partial charge in [0, 0.05) is 17.3 Å². The summed E-state index contributed by atoms with van der Waals surface area (Å²) < 4.78 is 13.3. The number of aldehydes is 1. The van der Waals surface area contributed by atoms with Crippen LogP contribution in [0.1, 0.15) is 59.7 Å². The summed E-state index contributed by atoms with van der Waals surface area (Å²) in [5, 5.41) is 0. The molecule has 0 fully saturated rings. The molecule has 0 bridgehead atoms. The first-order valence-electron chi connectivity index (χ1n) is 11.4. The zero-order valence-corrected chi connectivity index (χ0v) is 20.0. The molecule has 4 rings (SSSR count). The van der Waals surface area contributed by atoms with Crippen LogP contribution < -0.4 is 4.74 Å². The van der Waals surface area contributed by atoms with Gasteiger partial charge in [-0.3, -0.25) is 4.79 Å². The van der Waals surface area contributed by atoms with Crippen LogP contribution in [-0.4, -0.2) is 23.3 Å². The number of nitrogens with zero attached hydrogens (tertiary/aromatic N) is 1. The Bertz CT molecular complexity index is 1330. The molecule has 34 heavy (non-hydrogen) atoms. The average Bonchev–Trinajstić information content (AvgIpc) is 3.17. The molecular weight excluding hydrogens is 426 g/mol. The number of esters is 1. The van der Waals surface area contributed by atoms with Crippen molar-refractivity contribution in [2.24, 2.45) is 0 Å². The van der Waals surface area contributed by atoms with Crippen molar-refractivity contribution in [1.29, 1.82) is 0 Å². The third-order valence-corrected chi connectivity index (χ3v) is 5.79. The Morgan fingerprint density at radius 1 is 1.00 bits per heavy atom. The van der Waals surface area contributed by atoms with Crippen LogP contribution in [0, 0.1) is 0 Å². The molecule has 0 saturated carbocycles. The molecule has 2 heterocycles. The molecule has 0 radical (unpaired) electrons. The van der Waals surface area contributed by atoms with Crippen LogP contribution in [-0.2, 0) is 16.8 Å². The van der Waals surface area contributed by atoms with Crippen LogP contribution in [0.2, 0.25) is 0 Å². The minimum Gasteiger partial charge on any atom is -0.489 e. The highest BCUT2D eigenvalue weighted by Gasteiger charge is 2.27. The maximum absolute atomic E-state index is 13.0. The molecule has 4 aromatic rings. The molecule has 0 aliphatic heterocycles. The second-order valence-electron chi connectivity index (χ2n) is 9.16. The van der Waals surface area contributed by atoms with Gasteiger partial charge in [-0.2, -0.15) is 0 Å². The quantitative estimate of drug-likeness (QED) is 0.237. The minimum absolute atomic E-state index is 0.230. The first kappa shape index (κ1) is 23.3. The second kappa shape index (κ2) is 9.56. The minimum atomic E-state index is -0.448. The van der Waals surface area contributed by atoms with E-state index in [4.69, 9.17) is 9.47 Å². The predicted molar refractivity (Wildman–Crippen MR) is 134 cm³/mol. The van der Waals surface area contributed by atoms with Gasteiger partial charge in [-0.25, -0.2) is 4.79 Å². The highest BCUT2D eigenvalue weighted by Crippen LogP contribution is 2.39. The number of carbonyl (C=O) groups is 2. The fourth-order valence-corrected chi connectivity index (χ4v) is 4.18. The number of hydrogen-bond acceptors (Lipinski definition) is 4. The van der Waals surface area contributed by atoms with Gasteiger partial charge in [-0.15, -0.1) is 0 Å². The smallest absolute Gasteiger partial charge is 0.340 e. The van der Waals surface area contributed by atoms with Crippen molar-refractivity contribution >= 4 is 17.8 Å². The zero-order chi connectivity index (χ0) is 24.3. The molecule has 0 saturated heterocycles. The van der Waals surface area contributed by atoms with Crippen molar-refractivity contribution < 1.29 is 19.1 Å². The molecule has 0 unspecified atom stereocenters. The molecule has 0 aliphatic carbocycles. The molecule has 5 heteroatoms. The van der Waals surface area contributed by atoms with E-state index in [0.717, 1.165) is 28.7 Å². The fraction of sp³-hybridized carbons (Fsp3) is 0.241.